The van der Waals surface area contributed by atoms with Gasteiger partial charge in [-0.3, -0.25) is 9.78 Å². The summed E-state index contributed by atoms with van der Waals surface area (Å²) in [5.41, 5.74) is 2.34. The van der Waals surface area contributed by atoms with Crippen molar-refractivity contribution in [2.45, 2.75) is 82.7 Å². The highest BCUT2D eigenvalue weighted by Crippen LogP contribution is 2.28. The maximum absolute atomic E-state index is 13.0. The molecule has 1 fully saturated rings. The van der Waals surface area contributed by atoms with Crippen LogP contribution in [0.25, 0.3) is 0 Å². The number of hydrogen-bond donors (Lipinski definition) is 3. The van der Waals surface area contributed by atoms with Gasteiger partial charge >= 0.3 is 5.97 Å². The van der Waals surface area contributed by atoms with Gasteiger partial charge in [0.2, 0.25) is 5.91 Å². The molecule has 4 rings (SSSR count). The van der Waals surface area contributed by atoms with Crippen LogP contribution in [0.5, 0.6) is 0 Å². The van der Waals surface area contributed by atoms with Gasteiger partial charge in [0.15, 0.2) is 0 Å². The van der Waals surface area contributed by atoms with Gasteiger partial charge in [-0.25, -0.2) is 9.78 Å². The van der Waals surface area contributed by atoms with Crippen LogP contribution < -0.4 is 10.6 Å². The molecule has 2 aromatic rings. The van der Waals surface area contributed by atoms with Crippen molar-refractivity contribution in [3.63, 3.8) is 0 Å². The molecule has 3 N–H and O–H groups in total. The minimum atomic E-state index is -0.992. The number of rotatable bonds is 13. The summed E-state index contributed by atoms with van der Waals surface area (Å²) in [7, 11) is 0. The van der Waals surface area contributed by atoms with E-state index in [1.807, 2.05) is 6.07 Å². The summed E-state index contributed by atoms with van der Waals surface area (Å²) < 4.78 is 0. The molecular weight excluding hydrogens is 454 g/mol. The number of anilines is 1. The number of fused-ring (bicyclic) bond motifs is 1. The maximum atomic E-state index is 13.0. The van der Waals surface area contributed by atoms with E-state index in [2.05, 4.69) is 32.7 Å². The minimum absolute atomic E-state index is 0.298. The smallest absolute Gasteiger partial charge is 0.326 e. The zero-order chi connectivity index (χ0) is 25.5. The summed E-state index contributed by atoms with van der Waals surface area (Å²) in [5.74, 6) is -0.243. The number of carboxylic acid groups (broad SMARTS) is 1. The standard InChI is InChI=1S/C28H39N5O3/c1-28(2,21-8-6-15-29-19-21)27(36)32-24(26(34)35)14-18-33(23-12-13-23)17-4-3-9-22-11-10-20-7-5-16-30-25(20)31-22/h6,8,10-11,15,19,23-24H,3-5,7,9,12-14,16-18H2,1-2H3,(H,30,31)(H,32,36)(H,34,35)/t24-/m0/s1. The van der Waals surface area contributed by atoms with Crippen molar-refractivity contribution >= 4 is 17.7 Å². The lowest BCUT2D eigenvalue weighted by atomic mass is 9.84. The van der Waals surface area contributed by atoms with E-state index in [1.54, 1.807) is 32.3 Å². The molecule has 0 bridgehead atoms. The van der Waals surface area contributed by atoms with Gasteiger partial charge in [-0.05, 0) is 95.0 Å². The number of unbranched alkanes of at least 4 members (excludes halogenated alkanes) is 1. The number of amides is 1. The molecule has 1 aliphatic heterocycles. The zero-order valence-electron chi connectivity index (χ0n) is 21.5. The molecule has 0 unspecified atom stereocenters. The van der Waals surface area contributed by atoms with Gasteiger partial charge in [0.25, 0.3) is 0 Å². The molecule has 8 heteroatoms. The molecule has 0 aromatic carbocycles. The number of pyridine rings is 2. The normalized spacial score (nSPS) is 16.2. The highest BCUT2D eigenvalue weighted by molar-refractivity contribution is 5.90. The third kappa shape index (κ3) is 6.81. The van der Waals surface area contributed by atoms with E-state index >= 15 is 0 Å². The molecule has 0 radical (unpaired) electrons. The Bertz CT molecular complexity index is 1040. The number of aliphatic carboxylic acids is 1. The van der Waals surface area contributed by atoms with Gasteiger partial charge < -0.3 is 20.6 Å². The molecule has 194 valence electrons. The van der Waals surface area contributed by atoms with Crippen LogP contribution in [0.2, 0.25) is 0 Å². The fourth-order valence-corrected chi connectivity index (χ4v) is 4.80. The second-order valence-corrected chi connectivity index (χ2v) is 10.6. The Morgan fingerprint density at radius 2 is 2.06 bits per heavy atom. The highest BCUT2D eigenvalue weighted by Gasteiger charge is 2.34. The van der Waals surface area contributed by atoms with E-state index in [-0.39, 0.29) is 5.91 Å². The number of aryl methyl sites for hydroxylation is 2. The van der Waals surface area contributed by atoms with Crippen molar-refractivity contribution in [2.24, 2.45) is 0 Å². The van der Waals surface area contributed by atoms with E-state index in [9.17, 15) is 14.7 Å². The van der Waals surface area contributed by atoms with E-state index in [0.717, 1.165) is 68.7 Å². The van der Waals surface area contributed by atoms with E-state index in [0.29, 0.717) is 19.0 Å². The summed E-state index contributed by atoms with van der Waals surface area (Å²) in [5, 5.41) is 16.0. The van der Waals surface area contributed by atoms with Gasteiger partial charge in [-0.1, -0.05) is 12.1 Å². The van der Waals surface area contributed by atoms with Crippen LogP contribution in [-0.2, 0) is 27.8 Å². The first-order valence-corrected chi connectivity index (χ1v) is 13.3. The molecule has 1 amide bonds. The quantitative estimate of drug-likeness (QED) is 0.366. The zero-order valence-corrected chi connectivity index (χ0v) is 21.5. The maximum Gasteiger partial charge on any atom is 0.326 e. The molecule has 1 aliphatic carbocycles. The van der Waals surface area contributed by atoms with Crippen molar-refractivity contribution in [2.75, 3.05) is 25.0 Å². The van der Waals surface area contributed by atoms with Crippen molar-refractivity contribution < 1.29 is 14.7 Å². The minimum Gasteiger partial charge on any atom is -0.480 e. The Hall–Kier alpha value is -3.00. The lowest BCUT2D eigenvalue weighted by molar-refractivity contribution is -0.142. The Morgan fingerprint density at radius 1 is 1.22 bits per heavy atom. The third-order valence-corrected chi connectivity index (χ3v) is 7.40. The highest BCUT2D eigenvalue weighted by atomic mass is 16.4. The molecule has 8 nitrogen and oxygen atoms in total. The van der Waals surface area contributed by atoms with Gasteiger partial charge in [0.1, 0.15) is 11.9 Å². The van der Waals surface area contributed by atoms with Crippen LogP contribution in [-0.4, -0.2) is 63.6 Å². The summed E-state index contributed by atoms with van der Waals surface area (Å²) in [6.07, 6.45) is 11.3. The molecule has 36 heavy (non-hydrogen) atoms. The molecule has 3 heterocycles. The summed E-state index contributed by atoms with van der Waals surface area (Å²) in [4.78, 5) is 36.2. The van der Waals surface area contributed by atoms with E-state index in [4.69, 9.17) is 4.98 Å². The number of carbonyl (C=O) groups excluding carboxylic acids is 1. The molecule has 1 atom stereocenters. The van der Waals surface area contributed by atoms with Crippen molar-refractivity contribution in [1.29, 1.82) is 0 Å². The van der Waals surface area contributed by atoms with Crippen molar-refractivity contribution in [1.82, 2.24) is 20.2 Å². The Balaban J connectivity index is 1.25. The number of nitrogens with zero attached hydrogens (tertiary/aromatic N) is 3. The monoisotopic (exact) mass is 493 g/mol. The Morgan fingerprint density at radius 3 is 2.78 bits per heavy atom. The summed E-state index contributed by atoms with van der Waals surface area (Å²) in [6.45, 7) is 6.19. The van der Waals surface area contributed by atoms with E-state index < -0.39 is 17.4 Å². The Kier molecular flexibility index (Phi) is 8.56. The van der Waals surface area contributed by atoms with Crippen LogP contribution in [0, 0.1) is 0 Å². The summed E-state index contributed by atoms with van der Waals surface area (Å²) >= 11 is 0. The third-order valence-electron chi connectivity index (χ3n) is 7.40. The molecule has 0 saturated heterocycles. The predicted molar refractivity (Wildman–Crippen MR) is 140 cm³/mol. The van der Waals surface area contributed by atoms with Gasteiger partial charge in [-0.15, -0.1) is 0 Å². The predicted octanol–water partition coefficient (Wildman–Crippen LogP) is 3.56. The molecule has 2 aromatic heterocycles. The van der Waals surface area contributed by atoms with Crippen LogP contribution >= 0.6 is 0 Å². The van der Waals surface area contributed by atoms with Crippen molar-refractivity contribution in [3.8, 4) is 0 Å². The Labute approximate surface area is 213 Å². The molecule has 0 spiro atoms. The molecular formula is C28H39N5O3. The van der Waals surface area contributed by atoms with Crippen LogP contribution in [0.3, 0.4) is 0 Å². The first kappa shape index (κ1) is 26.1. The van der Waals surface area contributed by atoms with Crippen LogP contribution in [0.15, 0.2) is 36.7 Å². The van der Waals surface area contributed by atoms with E-state index in [1.165, 1.54) is 12.0 Å². The number of hydrogen-bond acceptors (Lipinski definition) is 6. The fraction of sp³-hybridized carbons (Fsp3) is 0.571. The number of nitrogens with one attached hydrogen (secondary N) is 2. The lowest BCUT2D eigenvalue weighted by Gasteiger charge is -2.28. The molecule has 2 aliphatic rings. The largest absolute Gasteiger partial charge is 0.480 e. The molecule has 1 saturated carbocycles. The van der Waals surface area contributed by atoms with Gasteiger partial charge in [0.05, 0.1) is 5.41 Å². The second-order valence-electron chi connectivity index (χ2n) is 10.6. The fourth-order valence-electron chi connectivity index (χ4n) is 4.80. The topological polar surface area (TPSA) is 107 Å². The number of carbonyl (C=O) groups is 2. The summed E-state index contributed by atoms with van der Waals surface area (Å²) in [6, 6.07) is 7.60. The van der Waals surface area contributed by atoms with Crippen molar-refractivity contribution in [3.05, 3.63) is 53.5 Å². The SMILES string of the molecule is CC(C)(C(=O)N[C@@H](CCN(CCCCc1ccc2c(n1)NCCC2)C1CC1)C(=O)O)c1cccnc1. The first-order valence-electron chi connectivity index (χ1n) is 13.3. The van der Waals surface area contributed by atoms with Gasteiger partial charge in [0, 0.05) is 37.2 Å². The number of aromatic nitrogens is 2. The number of carboxylic acids is 1. The lowest BCUT2D eigenvalue weighted by Crippen LogP contribution is -2.49. The van der Waals surface area contributed by atoms with Crippen LogP contribution in [0.1, 0.15) is 69.2 Å². The second kappa shape index (κ2) is 11.8. The average Bonchev–Trinajstić information content (AvgIpc) is 3.73. The van der Waals surface area contributed by atoms with Crippen LogP contribution in [0.4, 0.5) is 5.82 Å². The van der Waals surface area contributed by atoms with Gasteiger partial charge in [-0.2, -0.15) is 0 Å². The average molecular weight is 494 g/mol. The first-order chi connectivity index (χ1) is 17.3.